The van der Waals surface area contributed by atoms with Crippen molar-refractivity contribution in [2.24, 2.45) is 0 Å². The smallest absolute Gasteiger partial charge is 0.206 e. The number of pyridine rings is 1. The Morgan fingerprint density at radius 2 is 1.81 bits per heavy atom. The van der Waals surface area contributed by atoms with Crippen LogP contribution in [0.25, 0.3) is 33.8 Å². The number of benzene rings is 1. The zero-order chi connectivity index (χ0) is 22.2. The molecule has 0 saturated heterocycles. The summed E-state index contributed by atoms with van der Waals surface area (Å²) < 4.78 is 4.44. The maximum Gasteiger partial charge on any atom is 0.206 e. The molecule has 0 aliphatic carbocycles. The van der Waals surface area contributed by atoms with Gasteiger partial charge in [-0.1, -0.05) is 31.2 Å². The van der Waals surface area contributed by atoms with Gasteiger partial charge < -0.3 is 9.13 Å². The summed E-state index contributed by atoms with van der Waals surface area (Å²) in [6.45, 7) is 10.0. The first-order valence-electron chi connectivity index (χ1n) is 10.9. The van der Waals surface area contributed by atoms with Crippen LogP contribution in [0.1, 0.15) is 36.5 Å². The van der Waals surface area contributed by atoms with Gasteiger partial charge in [-0.25, -0.2) is 9.97 Å². The van der Waals surface area contributed by atoms with E-state index in [-0.39, 0.29) is 0 Å². The molecule has 4 heterocycles. The van der Waals surface area contributed by atoms with Crippen molar-refractivity contribution < 1.29 is 0 Å². The highest BCUT2D eigenvalue weighted by molar-refractivity contribution is 5.79. The van der Waals surface area contributed by atoms with Crippen LogP contribution in [0, 0.1) is 13.8 Å². The molecule has 1 aromatic carbocycles. The van der Waals surface area contributed by atoms with Crippen molar-refractivity contribution in [3.63, 3.8) is 0 Å². The molecule has 0 fully saturated rings. The number of rotatable bonds is 6. The lowest BCUT2D eigenvalue weighted by atomic mass is 10.0. The maximum absolute atomic E-state index is 4.86. The third-order valence-corrected chi connectivity index (χ3v) is 5.88. The molecule has 0 unspecified atom stereocenters. The zero-order valence-corrected chi connectivity index (χ0v) is 18.8. The second-order valence-corrected chi connectivity index (χ2v) is 8.02. The lowest BCUT2D eigenvalue weighted by molar-refractivity contribution is 0.745. The fourth-order valence-corrected chi connectivity index (χ4v) is 4.35. The predicted octanol–water partition coefficient (Wildman–Crippen LogP) is 4.33. The average Bonchev–Trinajstić information content (AvgIpc) is 3.53. The molecule has 8 heteroatoms. The van der Waals surface area contributed by atoms with E-state index in [1.165, 1.54) is 11.1 Å². The van der Waals surface area contributed by atoms with Gasteiger partial charge in [0.2, 0.25) is 5.82 Å². The predicted molar refractivity (Wildman–Crippen MR) is 124 cm³/mol. The zero-order valence-electron chi connectivity index (χ0n) is 18.8. The lowest BCUT2D eigenvalue weighted by Crippen LogP contribution is -2.06. The van der Waals surface area contributed by atoms with E-state index >= 15 is 0 Å². The average molecular weight is 427 g/mol. The quantitative estimate of drug-likeness (QED) is 0.436. The van der Waals surface area contributed by atoms with E-state index < -0.39 is 0 Å². The fraction of sp³-hybridized carbons (Fsp3) is 0.292. The molecule has 162 valence electrons. The largest absolute Gasteiger partial charge is 0.347 e. The molecule has 5 aromatic rings. The minimum absolute atomic E-state index is 0.602. The molecular formula is C24H26N8. The van der Waals surface area contributed by atoms with E-state index in [4.69, 9.17) is 9.97 Å². The van der Waals surface area contributed by atoms with Crippen molar-refractivity contribution >= 4 is 11.2 Å². The number of fused-ring (bicyclic) bond motifs is 1. The van der Waals surface area contributed by atoms with Gasteiger partial charge >= 0.3 is 0 Å². The Labute approximate surface area is 186 Å². The fourth-order valence-electron chi connectivity index (χ4n) is 4.35. The number of hydrogen-bond donors (Lipinski definition) is 1. The van der Waals surface area contributed by atoms with Gasteiger partial charge in [-0.3, -0.25) is 0 Å². The van der Waals surface area contributed by atoms with Crippen molar-refractivity contribution in [3.05, 3.63) is 65.2 Å². The standard InChI is InChI=1S/C24H26N8/c1-5-20-26-21-15(3)13-16(4)25-24(21)32(20)14-17-7-9-18(10-8-17)22-19(11-12-31(22)6-2)23-27-29-30-28-23/h7-13H,5-6,14H2,1-4H3,(H,27,28,29,30). The van der Waals surface area contributed by atoms with Crippen molar-refractivity contribution in [2.75, 3.05) is 0 Å². The van der Waals surface area contributed by atoms with Gasteiger partial charge in [-0.05, 0) is 54.8 Å². The van der Waals surface area contributed by atoms with E-state index in [1.807, 2.05) is 13.0 Å². The number of aromatic nitrogens is 8. The van der Waals surface area contributed by atoms with E-state index in [9.17, 15) is 0 Å². The van der Waals surface area contributed by atoms with E-state index in [1.54, 1.807) is 0 Å². The van der Waals surface area contributed by atoms with Crippen molar-refractivity contribution in [1.29, 1.82) is 0 Å². The summed E-state index contributed by atoms with van der Waals surface area (Å²) in [5.74, 6) is 1.66. The first-order valence-corrected chi connectivity index (χ1v) is 10.9. The van der Waals surface area contributed by atoms with Crippen LogP contribution >= 0.6 is 0 Å². The normalized spacial score (nSPS) is 11.5. The third-order valence-electron chi connectivity index (χ3n) is 5.88. The second kappa shape index (κ2) is 8.03. The molecular weight excluding hydrogens is 400 g/mol. The van der Waals surface area contributed by atoms with Crippen molar-refractivity contribution in [2.45, 2.75) is 47.2 Å². The van der Waals surface area contributed by atoms with Crippen molar-refractivity contribution in [3.8, 4) is 22.6 Å². The van der Waals surface area contributed by atoms with Crippen LogP contribution in [-0.4, -0.2) is 39.7 Å². The summed E-state index contributed by atoms with van der Waals surface area (Å²) in [5.41, 5.74) is 8.54. The Hall–Kier alpha value is -3.81. The molecule has 1 N–H and O–H groups in total. The van der Waals surface area contributed by atoms with Crippen LogP contribution in [-0.2, 0) is 19.5 Å². The third kappa shape index (κ3) is 3.37. The molecule has 32 heavy (non-hydrogen) atoms. The Morgan fingerprint density at radius 3 is 2.50 bits per heavy atom. The second-order valence-electron chi connectivity index (χ2n) is 8.02. The van der Waals surface area contributed by atoms with Crippen LogP contribution in [0.15, 0.2) is 42.6 Å². The van der Waals surface area contributed by atoms with Gasteiger partial charge in [0, 0.05) is 30.4 Å². The molecule has 0 atom stereocenters. The summed E-state index contributed by atoms with van der Waals surface area (Å²) in [7, 11) is 0. The number of imidazole rings is 1. The van der Waals surface area contributed by atoms with E-state index in [2.05, 4.69) is 87.1 Å². The van der Waals surface area contributed by atoms with E-state index in [0.717, 1.165) is 59.0 Å². The minimum atomic E-state index is 0.602. The summed E-state index contributed by atoms with van der Waals surface area (Å²) in [5, 5.41) is 14.6. The number of tetrazole rings is 1. The van der Waals surface area contributed by atoms with Crippen LogP contribution in [0.3, 0.4) is 0 Å². The van der Waals surface area contributed by atoms with Gasteiger partial charge in [-0.15, -0.1) is 10.2 Å². The molecule has 4 aromatic heterocycles. The highest BCUT2D eigenvalue weighted by atomic mass is 15.5. The lowest BCUT2D eigenvalue weighted by Gasteiger charge is -2.11. The first kappa shape index (κ1) is 20.1. The molecule has 5 rings (SSSR count). The van der Waals surface area contributed by atoms with Gasteiger partial charge in [0.1, 0.15) is 11.3 Å². The van der Waals surface area contributed by atoms with Crippen LogP contribution in [0.2, 0.25) is 0 Å². The summed E-state index contributed by atoms with van der Waals surface area (Å²) in [4.78, 5) is 9.66. The molecule has 0 bridgehead atoms. The molecule has 0 saturated carbocycles. The maximum atomic E-state index is 4.86. The number of nitrogens with one attached hydrogen (secondary N) is 1. The van der Waals surface area contributed by atoms with Gasteiger partial charge in [0.15, 0.2) is 5.65 Å². The SMILES string of the molecule is CCc1nc2c(C)cc(C)nc2n1Cc1ccc(-c2c(-c3nn[nH]n3)ccn2CC)cc1. The Bertz CT molecular complexity index is 1370. The van der Waals surface area contributed by atoms with Crippen molar-refractivity contribution in [1.82, 2.24) is 39.7 Å². The number of H-pyrrole nitrogens is 1. The Kier molecular flexibility index (Phi) is 5.05. The van der Waals surface area contributed by atoms with Crippen LogP contribution in [0.5, 0.6) is 0 Å². The Balaban J connectivity index is 1.52. The monoisotopic (exact) mass is 426 g/mol. The number of aromatic amines is 1. The molecule has 0 spiro atoms. The molecule has 0 radical (unpaired) electrons. The number of hydrogen-bond acceptors (Lipinski definition) is 5. The topological polar surface area (TPSA) is 90.1 Å². The number of nitrogens with zero attached hydrogens (tertiary/aromatic N) is 7. The van der Waals surface area contributed by atoms with E-state index in [0.29, 0.717) is 5.82 Å². The molecule has 0 amide bonds. The highest BCUT2D eigenvalue weighted by Crippen LogP contribution is 2.31. The Morgan fingerprint density at radius 1 is 1.00 bits per heavy atom. The minimum Gasteiger partial charge on any atom is -0.347 e. The van der Waals surface area contributed by atoms with Crippen LogP contribution < -0.4 is 0 Å². The molecule has 0 aliphatic rings. The molecule has 8 nitrogen and oxygen atoms in total. The van der Waals surface area contributed by atoms with Gasteiger partial charge in [0.05, 0.1) is 12.2 Å². The highest BCUT2D eigenvalue weighted by Gasteiger charge is 2.17. The van der Waals surface area contributed by atoms with Crippen LogP contribution in [0.4, 0.5) is 0 Å². The number of aryl methyl sites for hydroxylation is 4. The van der Waals surface area contributed by atoms with Gasteiger partial charge in [-0.2, -0.15) is 5.21 Å². The first-order chi connectivity index (χ1) is 15.6. The summed E-state index contributed by atoms with van der Waals surface area (Å²) in [6, 6.07) is 12.8. The molecule has 0 aliphatic heterocycles. The summed E-state index contributed by atoms with van der Waals surface area (Å²) >= 11 is 0. The summed E-state index contributed by atoms with van der Waals surface area (Å²) in [6.07, 6.45) is 2.93. The van der Waals surface area contributed by atoms with Gasteiger partial charge in [0.25, 0.3) is 0 Å².